The zero-order chi connectivity index (χ0) is 26.4. The zero-order valence-corrected chi connectivity index (χ0v) is 21.7. The highest BCUT2D eigenvalue weighted by atomic mass is 16.7. The van der Waals surface area contributed by atoms with Gasteiger partial charge in [0, 0.05) is 24.2 Å². The van der Waals surface area contributed by atoms with Gasteiger partial charge in [0.15, 0.2) is 23.0 Å². The number of cyclic esters (lactones) is 1. The zero-order valence-electron chi connectivity index (χ0n) is 21.7. The smallest absolute Gasteiger partial charge is 0.343 e. The minimum absolute atomic E-state index is 0.132. The van der Waals surface area contributed by atoms with Crippen molar-refractivity contribution < 1.29 is 38.0 Å². The SMILES string of the molecule is COc1ccc(CN2CCc3cc4c(c(OC)c3[C@@H]2[C@H]2OC(=O)c3c2ccc(OC)c3OC)OCO4)cc1. The minimum atomic E-state index is -0.608. The molecule has 3 aromatic carbocycles. The van der Waals surface area contributed by atoms with Gasteiger partial charge in [0.2, 0.25) is 12.5 Å². The van der Waals surface area contributed by atoms with Gasteiger partial charge in [-0.15, -0.1) is 0 Å². The van der Waals surface area contributed by atoms with Crippen molar-refractivity contribution in [1.29, 1.82) is 0 Å². The summed E-state index contributed by atoms with van der Waals surface area (Å²) in [6, 6.07) is 13.3. The van der Waals surface area contributed by atoms with Gasteiger partial charge in [0.1, 0.15) is 17.4 Å². The van der Waals surface area contributed by atoms with Crippen LogP contribution in [0.2, 0.25) is 0 Å². The third-order valence-corrected chi connectivity index (χ3v) is 7.46. The molecule has 9 heteroatoms. The number of nitrogens with zero attached hydrogens (tertiary/aromatic N) is 1. The first kappa shape index (κ1) is 24.2. The van der Waals surface area contributed by atoms with E-state index in [2.05, 4.69) is 4.90 Å². The number of methoxy groups -OCH3 is 4. The first-order chi connectivity index (χ1) is 18.6. The molecule has 0 aliphatic carbocycles. The molecule has 0 saturated carbocycles. The van der Waals surface area contributed by atoms with Crippen LogP contribution in [0.1, 0.15) is 44.8 Å². The molecular formula is C29H29NO8. The molecule has 3 aromatic rings. The summed E-state index contributed by atoms with van der Waals surface area (Å²) < 4.78 is 40.0. The van der Waals surface area contributed by atoms with E-state index in [1.54, 1.807) is 27.4 Å². The van der Waals surface area contributed by atoms with E-state index in [1.165, 1.54) is 7.11 Å². The Morgan fingerprint density at radius 2 is 1.71 bits per heavy atom. The topological polar surface area (TPSA) is 84.9 Å². The van der Waals surface area contributed by atoms with E-state index in [4.69, 9.17) is 33.2 Å². The van der Waals surface area contributed by atoms with E-state index in [9.17, 15) is 4.79 Å². The van der Waals surface area contributed by atoms with Gasteiger partial charge in [-0.25, -0.2) is 4.79 Å². The lowest BCUT2D eigenvalue weighted by Gasteiger charge is -2.40. The molecule has 0 N–H and O–H groups in total. The van der Waals surface area contributed by atoms with E-state index >= 15 is 0 Å². The highest BCUT2D eigenvalue weighted by Gasteiger charge is 2.47. The average Bonchev–Trinajstić information content (AvgIpc) is 3.55. The molecule has 0 amide bonds. The van der Waals surface area contributed by atoms with Gasteiger partial charge in [-0.3, -0.25) is 4.90 Å². The van der Waals surface area contributed by atoms with Crippen molar-refractivity contribution in [3.63, 3.8) is 0 Å². The van der Waals surface area contributed by atoms with Crippen LogP contribution in [0.15, 0.2) is 42.5 Å². The van der Waals surface area contributed by atoms with Gasteiger partial charge in [-0.05, 0) is 41.8 Å². The number of hydrogen-bond acceptors (Lipinski definition) is 9. The quantitative estimate of drug-likeness (QED) is 0.420. The number of carbonyl (C=O) groups excluding carboxylic acids is 1. The van der Waals surface area contributed by atoms with Gasteiger partial charge in [-0.2, -0.15) is 0 Å². The maximum Gasteiger partial charge on any atom is 0.343 e. The summed E-state index contributed by atoms with van der Waals surface area (Å²) in [5.74, 6) is 3.03. The lowest BCUT2D eigenvalue weighted by molar-refractivity contribution is 0.000522. The van der Waals surface area contributed by atoms with Gasteiger partial charge in [0.25, 0.3) is 0 Å². The molecule has 0 bridgehead atoms. The van der Waals surface area contributed by atoms with Crippen LogP contribution in [0.4, 0.5) is 0 Å². The summed E-state index contributed by atoms with van der Waals surface area (Å²) in [6.07, 6.45) is 0.165. The van der Waals surface area contributed by atoms with E-state index in [1.807, 2.05) is 36.4 Å². The van der Waals surface area contributed by atoms with E-state index < -0.39 is 12.1 Å². The lowest BCUT2D eigenvalue weighted by Crippen LogP contribution is -2.38. The molecule has 0 unspecified atom stereocenters. The fourth-order valence-corrected chi connectivity index (χ4v) is 5.74. The standard InChI is InChI=1S/C29H29NO8/c1-32-18-7-5-16(6-8-18)14-30-12-11-17-13-21-27(37-15-36-21)28(35-4)22(17)24(30)25-19-9-10-20(33-2)26(34-3)23(19)29(31)38-25/h5-10,13,24-25H,11-12,14-15H2,1-4H3/t24-,25+/m1/s1. The number of ether oxygens (including phenoxy) is 7. The largest absolute Gasteiger partial charge is 0.497 e. The van der Waals surface area contributed by atoms with E-state index in [0.717, 1.165) is 41.0 Å². The second-order valence-electron chi connectivity index (χ2n) is 9.32. The van der Waals surface area contributed by atoms with E-state index in [-0.39, 0.29) is 12.8 Å². The molecule has 3 heterocycles. The van der Waals surface area contributed by atoms with Crippen molar-refractivity contribution in [2.24, 2.45) is 0 Å². The number of benzene rings is 3. The Labute approximate surface area is 220 Å². The second-order valence-corrected chi connectivity index (χ2v) is 9.32. The van der Waals surface area contributed by atoms with Gasteiger partial charge >= 0.3 is 5.97 Å². The van der Waals surface area contributed by atoms with Crippen molar-refractivity contribution in [3.8, 4) is 34.5 Å². The summed E-state index contributed by atoms with van der Waals surface area (Å²) in [7, 11) is 6.34. The summed E-state index contributed by atoms with van der Waals surface area (Å²) in [6.45, 7) is 1.50. The predicted molar refractivity (Wildman–Crippen MR) is 137 cm³/mol. The molecule has 2 atom stereocenters. The fourth-order valence-electron chi connectivity index (χ4n) is 5.74. The monoisotopic (exact) mass is 519 g/mol. The Kier molecular flexibility index (Phi) is 6.15. The van der Waals surface area contributed by atoms with Crippen LogP contribution in [0, 0.1) is 0 Å². The fraction of sp³-hybridized carbons (Fsp3) is 0.345. The van der Waals surface area contributed by atoms with Crippen molar-refractivity contribution in [3.05, 3.63) is 70.3 Å². The Balaban J connectivity index is 1.50. The number of hydrogen-bond donors (Lipinski definition) is 0. The summed E-state index contributed by atoms with van der Waals surface area (Å²) in [4.78, 5) is 15.6. The highest BCUT2D eigenvalue weighted by molar-refractivity contribution is 5.98. The molecule has 9 nitrogen and oxygen atoms in total. The molecule has 0 spiro atoms. The van der Waals surface area contributed by atoms with Crippen molar-refractivity contribution >= 4 is 5.97 Å². The Bertz CT molecular complexity index is 1390. The second kappa shape index (κ2) is 9.64. The molecule has 0 fully saturated rings. The Morgan fingerprint density at radius 1 is 0.921 bits per heavy atom. The van der Waals surface area contributed by atoms with Gasteiger partial charge in [-0.1, -0.05) is 18.2 Å². The average molecular weight is 520 g/mol. The van der Waals surface area contributed by atoms with Crippen LogP contribution in [0.3, 0.4) is 0 Å². The van der Waals surface area contributed by atoms with Crippen molar-refractivity contribution in [1.82, 2.24) is 4.90 Å². The van der Waals surface area contributed by atoms with Gasteiger partial charge < -0.3 is 33.2 Å². The molecule has 6 rings (SSSR count). The number of rotatable bonds is 7. The first-order valence-corrected chi connectivity index (χ1v) is 12.4. The van der Waals surface area contributed by atoms with Crippen molar-refractivity contribution in [2.75, 3.05) is 41.8 Å². The third kappa shape index (κ3) is 3.77. The minimum Gasteiger partial charge on any atom is -0.497 e. The number of fused-ring (bicyclic) bond motifs is 3. The maximum absolute atomic E-state index is 13.3. The molecule has 0 saturated heterocycles. The molecule has 38 heavy (non-hydrogen) atoms. The number of esters is 1. The molecule has 0 radical (unpaired) electrons. The normalized spacial score (nSPS) is 19.4. The molecule has 0 aromatic heterocycles. The van der Waals surface area contributed by atoms with Crippen LogP contribution in [-0.4, -0.2) is 52.6 Å². The third-order valence-electron chi connectivity index (χ3n) is 7.46. The molecule has 3 aliphatic rings. The Hall–Kier alpha value is -4.11. The maximum atomic E-state index is 13.3. The number of carbonyl (C=O) groups is 1. The summed E-state index contributed by atoms with van der Waals surface area (Å²) >= 11 is 0. The highest BCUT2D eigenvalue weighted by Crippen LogP contribution is 2.55. The van der Waals surface area contributed by atoms with Crippen LogP contribution >= 0.6 is 0 Å². The van der Waals surface area contributed by atoms with Crippen molar-refractivity contribution in [2.45, 2.75) is 25.1 Å². The van der Waals surface area contributed by atoms with Crippen LogP contribution in [0.25, 0.3) is 0 Å². The molecular weight excluding hydrogens is 490 g/mol. The van der Waals surface area contributed by atoms with Crippen LogP contribution < -0.4 is 28.4 Å². The summed E-state index contributed by atoms with van der Waals surface area (Å²) in [5, 5.41) is 0. The van der Waals surface area contributed by atoms with Crippen LogP contribution in [-0.2, 0) is 17.7 Å². The van der Waals surface area contributed by atoms with Crippen LogP contribution in [0.5, 0.6) is 34.5 Å². The summed E-state index contributed by atoms with van der Waals surface area (Å²) in [5.41, 5.74) is 4.23. The lowest BCUT2D eigenvalue weighted by atomic mass is 9.84. The van der Waals surface area contributed by atoms with E-state index in [0.29, 0.717) is 40.9 Å². The molecule has 3 aliphatic heterocycles. The molecule has 198 valence electrons. The van der Waals surface area contributed by atoms with Gasteiger partial charge in [0.05, 0.1) is 34.5 Å². The first-order valence-electron chi connectivity index (χ1n) is 12.4. The Morgan fingerprint density at radius 3 is 2.42 bits per heavy atom. The predicted octanol–water partition coefficient (Wildman–Crippen LogP) is 4.46.